The third-order valence-electron chi connectivity index (χ3n) is 4.26. The summed E-state index contributed by atoms with van der Waals surface area (Å²) in [5.41, 5.74) is 0.888. The van der Waals surface area contributed by atoms with Crippen LogP contribution in [-0.4, -0.2) is 35.0 Å². The number of benzene rings is 3. The molecule has 30 heavy (non-hydrogen) atoms. The summed E-state index contributed by atoms with van der Waals surface area (Å²) in [5, 5.41) is 0. The maximum Gasteiger partial charge on any atom is 0.261 e. The predicted molar refractivity (Wildman–Crippen MR) is 113 cm³/mol. The van der Waals surface area contributed by atoms with Crippen molar-refractivity contribution in [1.29, 1.82) is 0 Å². The van der Waals surface area contributed by atoms with Gasteiger partial charge in [0.1, 0.15) is 17.2 Å². The monoisotopic (exact) mass is 427 g/mol. The van der Waals surface area contributed by atoms with Crippen molar-refractivity contribution in [2.75, 3.05) is 25.5 Å². The van der Waals surface area contributed by atoms with Crippen LogP contribution < -0.4 is 18.9 Å². The summed E-state index contributed by atoms with van der Waals surface area (Å²) in [5.74, 6) is 1.51. The van der Waals surface area contributed by atoms with Crippen molar-refractivity contribution in [3.63, 3.8) is 0 Å². The Hall–Kier alpha value is -3.52. The third-order valence-corrected chi connectivity index (χ3v) is 5.66. The highest BCUT2D eigenvalue weighted by atomic mass is 32.2. The van der Waals surface area contributed by atoms with E-state index in [1.54, 1.807) is 67.8 Å². The minimum atomic E-state index is -3.73. The van der Waals surface area contributed by atoms with Crippen LogP contribution in [0, 0.1) is 0 Å². The Morgan fingerprint density at radius 2 is 1.27 bits per heavy atom. The molecule has 0 atom stereocenters. The fraction of sp³-hybridized carbons (Fsp3) is 0.136. The molecule has 0 heterocycles. The van der Waals surface area contributed by atoms with E-state index in [4.69, 9.17) is 14.2 Å². The SMILES string of the molecule is COc1ccc(C(=O)COc2ccc(NS(=O)(=O)c3ccc(OC)cc3)cc2)cc1. The van der Waals surface area contributed by atoms with E-state index in [1.165, 1.54) is 19.2 Å². The Labute approximate surface area is 175 Å². The van der Waals surface area contributed by atoms with Crippen molar-refractivity contribution >= 4 is 21.5 Å². The number of anilines is 1. The number of methoxy groups -OCH3 is 2. The number of carbonyl (C=O) groups excluding carboxylic acids is 1. The number of sulfonamides is 1. The molecule has 0 radical (unpaired) electrons. The van der Waals surface area contributed by atoms with Gasteiger partial charge in [-0.05, 0) is 72.8 Å². The number of hydrogen-bond donors (Lipinski definition) is 1. The molecule has 156 valence electrons. The normalized spacial score (nSPS) is 10.9. The zero-order chi connectivity index (χ0) is 21.6. The van der Waals surface area contributed by atoms with Crippen molar-refractivity contribution in [3.8, 4) is 17.2 Å². The van der Waals surface area contributed by atoms with Gasteiger partial charge in [0, 0.05) is 11.3 Å². The van der Waals surface area contributed by atoms with Gasteiger partial charge in [0.2, 0.25) is 0 Å². The van der Waals surface area contributed by atoms with Crippen LogP contribution in [0.1, 0.15) is 10.4 Å². The summed E-state index contributed by atoms with van der Waals surface area (Å²) < 4.78 is 43.0. The predicted octanol–water partition coefficient (Wildman–Crippen LogP) is 3.77. The molecule has 7 nitrogen and oxygen atoms in total. The number of ether oxygens (including phenoxy) is 3. The summed E-state index contributed by atoms with van der Waals surface area (Å²) in [7, 11) is -0.663. The molecule has 3 aromatic rings. The first-order valence-electron chi connectivity index (χ1n) is 8.98. The molecule has 0 aromatic heterocycles. The van der Waals surface area contributed by atoms with Gasteiger partial charge < -0.3 is 14.2 Å². The van der Waals surface area contributed by atoms with Crippen LogP contribution >= 0.6 is 0 Å². The molecular formula is C22H21NO6S. The van der Waals surface area contributed by atoms with Crippen LogP contribution in [0.3, 0.4) is 0 Å². The lowest BCUT2D eigenvalue weighted by Gasteiger charge is -2.10. The van der Waals surface area contributed by atoms with Gasteiger partial charge in [-0.25, -0.2) is 8.42 Å². The second kappa shape index (κ2) is 9.32. The van der Waals surface area contributed by atoms with Crippen molar-refractivity contribution in [1.82, 2.24) is 0 Å². The summed E-state index contributed by atoms with van der Waals surface area (Å²) in [6.45, 7) is -0.136. The Kier molecular flexibility index (Phi) is 6.58. The van der Waals surface area contributed by atoms with Crippen LogP contribution in [0.25, 0.3) is 0 Å². The highest BCUT2D eigenvalue weighted by Crippen LogP contribution is 2.21. The lowest BCUT2D eigenvalue weighted by Crippen LogP contribution is -2.13. The smallest absolute Gasteiger partial charge is 0.261 e. The van der Waals surface area contributed by atoms with Gasteiger partial charge in [-0.1, -0.05) is 0 Å². The minimum absolute atomic E-state index is 0.119. The molecule has 0 bridgehead atoms. The standard InChI is InChI=1S/C22H21NO6S/c1-27-18-7-3-16(4-8-18)22(24)15-29-20-9-5-17(6-10-20)23-30(25,26)21-13-11-19(28-2)12-14-21/h3-14,23H,15H2,1-2H3. The molecule has 0 aliphatic rings. The first-order chi connectivity index (χ1) is 14.4. The molecule has 0 fully saturated rings. The summed E-state index contributed by atoms with van der Waals surface area (Å²) >= 11 is 0. The Morgan fingerprint density at radius 1 is 0.767 bits per heavy atom. The summed E-state index contributed by atoms with van der Waals surface area (Å²) in [6, 6.07) is 19.1. The van der Waals surface area contributed by atoms with Crippen molar-refractivity contribution in [3.05, 3.63) is 78.4 Å². The van der Waals surface area contributed by atoms with Crippen LogP contribution in [0.4, 0.5) is 5.69 Å². The second-order valence-corrected chi connectivity index (χ2v) is 7.93. The van der Waals surface area contributed by atoms with E-state index < -0.39 is 10.0 Å². The van der Waals surface area contributed by atoms with E-state index in [1.807, 2.05) is 0 Å². The van der Waals surface area contributed by atoms with Crippen LogP contribution in [0.15, 0.2) is 77.7 Å². The fourth-order valence-electron chi connectivity index (χ4n) is 2.60. The molecule has 0 spiro atoms. The van der Waals surface area contributed by atoms with E-state index in [9.17, 15) is 13.2 Å². The molecule has 0 aliphatic heterocycles. The van der Waals surface area contributed by atoms with Crippen molar-refractivity contribution in [2.45, 2.75) is 4.90 Å². The van der Waals surface area contributed by atoms with Crippen molar-refractivity contribution in [2.24, 2.45) is 0 Å². The first-order valence-corrected chi connectivity index (χ1v) is 10.5. The average Bonchev–Trinajstić information content (AvgIpc) is 2.78. The van der Waals surface area contributed by atoms with Gasteiger partial charge in [0.15, 0.2) is 12.4 Å². The van der Waals surface area contributed by atoms with E-state index in [2.05, 4.69) is 4.72 Å². The minimum Gasteiger partial charge on any atom is -0.497 e. The molecular weight excluding hydrogens is 406 g/mol. The largest absolute Gasteiger partial charge is 0.497 e. The van der Waals surface area contributed by atoms with Gasteiger partial charge in [-0.3, -0.25) is 9.52 Å². The van der Waals surface area contributed by atoms with E-state index in [0.717, 1.165) is 0 Å². The molecule has 0 unspecified atom stereocenters. The van der Waals surface area contributed by atoms with Gasteiger partial charge in [0.05, 0.1) is 19.1 Å². The number of nitrogens with one attached hydrogen (secondary N) is 1. The zero-order valence-electron chi connectivity index (χ0n) is 16.5. The van der Waals surface area contributed by atoms with E-state index in [0.29, 0.717) is 28.5 Å². The molecule has 3 aromatic carbocycles. The quantitative estimate of drug-likeness (QED) is 0.523. The maximum absolute atomic E-state index is 12.5. The number of rotatable bonds is 9. The van der Waals surface area contributed by atoms with Crippen LogP contribution in [0.2, 0.25) is 0 Å². The summed E-state index contributed by atoms with van der Waals surface area (Å²) in [6.07, 6.45) is 0. The maximum atomic E-state index is 12.5. The Morgan fingerprint density at radius 3 is 1.80 bits per heavy atom. The Bertz CT molecular complexity index is 1090. The number of carbonyl (C=O) groups is 1. The van der Waals surface area contributed by atoms with E-state index >= 15 is 0 Å². The van der Waals surface area contributed by atoms with Crippen LogP contribution in [0.5, 0.6) is 17.2 Å². The average molecular weight is 427 g/mol. The number of hydrogen-bond acceptors (Lipinski definition) is 6. The van der Waals surface area contributed by atoms with E-state index in [-0.39, 0.29) is 17.3 Å². The van der Waals surface area contributed by atoms with Crippen molar-refractivity contribution < 1.29 is 27.4 Å². The summed E-state index contributed by atoms with van der Waals surface area (Å²) in [4.78, 5) is 12.3. The zero-order valence-corrected chi connectivity index (χ0v) is 17.3. The molecule has 0 aliphatic carbocycles. The fourth-order valence-corrected chi connectivity index (χ4v) is 3.66. The third kappa shape index (κ3) is 5.30. The van der Waals surface area contributed by atoms with Gasteiger partial charge >= 0.3 is 0 Å². The molecule has 0 saturated heterocycles. The lowest BCUT2D eigenvalue weighted by molar-refractivity contribution is 0.0921. The lowest BCUT2D eigenvalue weighted by atomic mass is 10.1. The molecule has 1 N–H and O–H groups in total. The number of Topliss-reactive ketones (excluding diaryl/α,β-unsaturated/α-hetero) is 1. The highest BCUT2D eigenvalue weighted by Gasteiger charge is 2.14. The second-order valence-electron chi connectivity index (χ2n) is 6.25. The molecule has 0 saturated carbocycles. The van der Waals surface area contributed by atoms with Gasteiger partial charge in [0.25, 0.3) is 10.0 Å². The molecule has 3 rings (SSSR count). The molecule has 0 amide bonds. The number of ketones is 1. The Balaban J connectivity index is 1.59. The molecule has 8 heteroatoms. The van der Waals surface area contributed by atoms with Crippen LogP contribution in [-0.2, 0) is 10.0 Å². The van der Waals surface area contributed by atoms with Gasteiger partial charge in [-0.2, -0.15) is 0 Å². The topological polar surface area (TPSA) is 90.9 Å². The van der Waals surface area contributed by atoms with Gasteiger partial charge in [-0.15, -0.1) is 0 Å². The first kappa shape index (κ1) is 21.2. The highest BCUT2D eigenvalue weighted by molar-refractivity contribution is 7.92.